The lowest BCUT2D eigenvalue weighted by Gasteiger charge is -2.34. The van der Waals surface area contributed by atoms with E-state index in [4.69, 9.17) is 4.74 Å². The third-order valence-electron chi connectivity index (χ3n) is 2.92. The minimum Gasteiger partial charge on any atom is -0.378 e. The zero-order valence-corrected chi connectivity index (χ0v) is 11.0. The molecule has 1 aliphatic rings. The number of morpholine rings is 1. The highest BCUT2D eigenvalue weighted by Crippen LogP contribution is 2.06. The van der Waals surface area contributed by atoms with E-state index < -0.39 is 0 Å². The molecular weight excluding hydrogens is 218 g/mol. The number of ether oxygens (including phenoxy) is 1. The Labute approximate surface area is 104 Å². The summed E-state index contributed by atoms with van der Waals surface area (Å²) in [7, 11) is 0. The molecule has 1 atom stereocenters. The molecule has 0 aromatic carbocycles. The molecule has 1 aliphatic heterocycles. The van der Waals surface area contributed by atoms with Crippen molar-refractivity contribution in [3.05, 3.63) is 0 Å². The van der Waals surface area contributed by atoms with Crippen LogP contribution in [-0.2, 0) is 9.53 Å². The van der Waals surface area contributed by atoms with E-state index in [1.807, 2.05) is 0 Å². The van der Waals surface area contributed by atoms with Gasteiger partial charge in [0.15, 0.2) is 0 Å². The largest absolute Gasteiger partial charge is 0.378 e. The molecule has 1 unspecified atom stereocenters. The van der Waals surface area contributed by atoms with Gasteiger partial charge in [0.25, 0.3) is 0 Å². The molecule has 0 aromatic heterocycles. The van der Waals surface area contributed by atoms with Crippen molar-refractivity contribution in [1.29, 1.82) is 0 Å². The van der Waals surface area contributed by atoms with Gasteiger partial charge >= 0.3 is 0 Å². The summed E-state index contributed by atoms with van der Waals surface area (Å²) < 4.78 is 5.40. The second kappa shape index (κ2) is 8.44. The molecule has 1 saturated heterocycles. The topological polar surface area (TPSA) is 53.6 Å². The molecule has 0 aromatic rings. The maximum absolute atomic E-state index is 11.9. The Morgan fingerprint density at radius 2 is 2.24 bits per heavy atom. The lowest BCUT2D eigenvalue weighted by atomic mass is 10.2. The number of hydrogen-bond acceptors (Lipinski definition) is 4. The third-order valence-corrected chi connectivity index (χ3v) is 2.92. The van der Waals surface area contributed by atoms with Gasteiger partial charge in [-0.1, -0.05) is 13.8 Å². The molecule has 0 bridgehead atoms. The summed E-state index contributed by atoms with van der Waals surface area (Å²) in [5.74, 6) is 0.100. The fourth-order valence-electron chi connectivity index (χ4n) is 1.91. The Bertz CT molecular complexity index is 224. The molecule has 2 N–H and O–H groups in total. The second-order valence-electron chi connectivity index (χ2n) is 4.27. The van der Waals surface area contributed by atoms with Crippen LogP contribution < -0.4 is 10.6 Å². The first-order chi connectivity index (χ1) is 8.29. The zero-order chi connectivity index (χ0) is 12.5. The highest BCUT2D eigenvalue weighted by atomic mass is 16.5. The van der Waals surface area contributed by atoms with Gasteiger partial charge in [0.05, 0.1) is 13.2 Å². The maximum Gasteiger partial charge on any atom is 0.239 e. The van der Waals surface area contributed by atoms with Gasteiger partial charge in [-0.05, 0) is 13.0 Å². The predicted molar refractivity (Wildman–Crippen MR) is 68.0 cm³/mol. The van der Waals surface area contributed by atoms with Crippen LogP contribution in [0.3, 0.4) is 0 Å². The highest BCUT2D eigenvalue weighted by Gasteiger charge is 2.28. The minimum atomic E-state index is -0.117. The highest BCUT2D eigenvalue weighted by molar-refractivity contribution is 5.81. The van der Waals surface area contributed by atoms with Gasteiger partial charge in [0, 0.05) is 26.2 Å². The first-order valence-corrected chi connectivity index (χ1v) is 6.59. The molecular formula is C12H25N3O2. The van der Waals surface area contributed by atoms with Crippen molar-refractivity contribution in [2.24, 2.45) is 0 Å². The molecule has 0 spiro atoms. The molecule has 0 aliphatic carbocycles. The number of amides is 1. The summed E-state index contributed by atoms with van der Waals surface area (Å²) >= 11 is 0. The van der Waals surface area contributed by atoms with Crippen molar-refractivity contribution in [2.75, 3.05) is 45.9 Å². The Hall–Kier alpha value is -0.650. The number of likely N-dealkylation sites (N-methyl/N-ethyl adjacent to an activating group) is 1. The molecule has 0 saturated carbocycles. The van der Waals surface area contributed by atoms with Crippen molar-refractivity contribution in [3.63, 3.8) is 0 Å². The van der Waals surface area contributed by atoms with E-state index in [0.29, 0.717) is 6.61 Å². The average molecular weight is 243 g/mol. The van der Waals surface area contributed by atoms with Crippen LogP contribution in [0.4, 0.5) is 0 Å². The standard InChI is InChI=1S/C12H25N3O2/c1-3-5-14-12(16)11-10-17-9-8-15(11)7-6-13-4-2/h11,13H,3-10H2,1-2H3,(H,14,16). The molecule has 5 heteroatoms. The van der Waals surface area contributed by atoms with Gasteiger partial charge in [0.2, 0.25) is 5.91 Å². The number of carbonyl (C=O) groups is 1. The summed E-state index contributed by atoms with van der Waals surface area (Å²) in [6.45, 7) is 9.77. The second-order valence-corrected chi connectivity index (χ2v) is 4.27. The molecule has 5 nitrogen and oxygen atoms in total. The lowest BCUT2D eigenvalue weighted by molar-refractivity contribution is -0.132. The van der Waals surface area contributed by atoms with Crippen molar-refractivity contribution in [3.8, 4) is 0 Å². The van der Waals surface area contributed by atoms with Crippen LogP contribution in [0.2, 0.25) is 0 Å². The van der Waals surface area contributed by atoms with E-state index >= 15 is 0 Å². The van der Waals surface area contributed by atoms with Crippen LogP contribution in [0.25, 0.3) is 0 Å². The van der Waals surface area contributed by atoms with Crippen LogP contribution in [0, 0.1) is 0 Å². The molecule has 1 rings (SSSR count). The van der Waals surface area contributed by atoms with E-state index in [1.165, 1.54) is 0 Å². The Morgan fingerprint density at radius 3 is 2.94 bits per heavy atom. The van der Waals surface area contributed by atoms with E-state index in [-0.39, 0.29) is 11.9 Å². The van der Waals surface area contributed by atoms with Crippen molar-refractivity contribution in [2.45, 2.75) is 26.3 Å². The predicted octanol–water partition coefficient (Wildman–Crippen LogP) is -0.177. The number of nitrogens with one attached hydrogen (secondary N) is 2. The van der Waals surface area contributed by atoms with Crippen LogP contribution in [0.1, 0.15) is 20.3 Å². The first kappa shape index (κ1) is 14.4. The summed E-state index contributed by atoms with van der Waals surface area (Å²) in [5.41, 5.74) is 0. The Balaban J connectivity index is 2.38. The molecule has 100 valence electrons. The third kappa shape index (κ3) is 5.02. The van der Waals surface area contributed by atoms with Crippen molar-refractivity contribution in [1.82, 2.24) is 15.5 Å². The van der Waals surface area contributed by atoms with Crippen LogP contribution in [0.15, 0.2) is 0 Å². The quantitative estimate of drug-likeness (QED) is 0.609. The number of rotatable bonds is 7. The van der Waals surface area contributed by atoms with Gasteiger partial charge in [-0.25, -0.2) is 0 Å². The molecule has 0 radical (unpaired) electrons. The molecule has 1 heterocycles. The van der Waals surface area contributed by atoms with Crippen LogP contribution in [0.5, 0.6) is 0 Å². The minimum absolute atomic E-state index is 0.100. The number of hydrogen-bond donors (Lipinski definition) is 2. The van der Waals surface area contributed by atoms with Crippen LogP contribution >= 0.6 is 0 Å². The fraction of sp³-hybridized carbons (Fsp3) is 0.917. The van der Waals surface area contributed by atoms with Gasteiger partial charge in [0.1, 0.15) is 6.04 Å². The average Bonchev–Trinajstić information content (AvgIpc) is 2.37. The molecule has 1 fully saturated rings. The summed E-state index contributed by atoms with van der Waals surface area (Å²) in [6, 6.07) is -0.117. The summed E-state index contributed by atoms with van der Waals surface area (Å²) in [4.78, 5) is 14.2. The van der Waals surface area contributed by atoms with Crippen molar-refractivity contribution >= 4 is 5.91 Å². The molecule has 1 amide bonds. The number of carbonyl (C=O) groups excluding carboxylic acids is 1. The summed E-state index contributed by atoms with van der Waals surface area (Å²) in [5, 5.41) is 6.23. The Morgan fingerprint density at radius 1 is 1.41 bits per heavy atom. The zero-order valence-electron chi connectivity index (χ0n) is 11.0. The van der Waals surface area contributed by atoms with Crippen molar-refractivity contribution < 1.29 is 9.53 Å². The fourth-order valence-corrected chi connectivity index (χ4v) is 1.91. The lowest BCUT2D eigenvalue weighted by Crippen LogP contribution is -2.55. The van der Waals surface area contributed by atoms with Gasteiger partial charge in [-0.3, -0.25) is 9.69 Å². The van der Waals surface area contributed by atoms with Crippen LogP contribution in [-0.4, -0.2) is 62.8 Å². The van der Waals surface area contributed by atoms with Gasteiger partial charge in [-0.15, -0.1) is 0 Å². The van der Waals surface area contributed by atoms with E-state index in [2.05, 4.69) is 29.4 Å². The van der Waals surface area contributed by atoms with E-state index in [9.17, 15) is 4.79 Å². The maximum atomic E-state index is 11.9. The van der Waals surface area contributed by atoms with E-state index in [1.54, 1.807) is 0 Å². The Kier molecular flexibility index (Phi) is 7.16. The SMILES string of the molecule is CCCNC(=O)C1COCCN1CCNCC. The summed E-state index contributed by atoms with van der Waals surface area (Å²) in [6.07, 6.45) is 0.969. The first-order valence-electron chi connectivity index (χ1n) is 6.59. The van der Waals surface area contributed by atoms with E-state index in [0.717, 1.165) is 45.8 Å². The number of nitrogens with zero attached hydrogens (tertiary/aromatic N) is 1. The smallest absolute Gasteiger partial charge is 0.239 e. The van der Waals surface area contributed by atoms with Gasteiger partial charge < -0.3 is 15.4 Å². The molecule has 17 heavy (non-hydrogen) atoms. The van der Waals surface area contributed by atoms with Gasteiger partial charge in [-0.2, -0.15) is 0 Å². The normalized spacial score (nSPS) is 21.4. The monoisotopic (exact) mass is 243 g/mol.